The molecule has 0 unspecified atom stereocenters. The second-order valence-electron chi connectivity index (χ2n) is 8.85. The third-order valence-corrected chi connectivity index (χ3v) is 6.31. The summed E-state index contributed by atoms with van der Waals surface area (Å²) in [6, 6.07) is 29.6. The Balaban J connectivity index is 1.37. The number of para-hydroxylation sites is 1. The van der Waals surface area contributed by atoms with Crippen molar-refractivity contribution in [1.29, 1.82) is 5.26 Å². The van der Waals surface area contributed by atoms with Gasteiger partial charge in [0, 0.05) is 23.3 Å². The summed E-state index contributed by atoms with van der Waals surface area (Å²) >= 11 is 0. The van der Waals surface area contributed by atoms with Crippen LogP contribution in [0.4, 0.5) is 10.5 Å². The number of ether oxygens (including phenoxy) is 3. The monoisotopic (exact) mass is 515 g/mol. The molecule has 1 heterocycles. The zero-order valence-electron chi connectivity index (χ0n) is 21.5. The molecule has 1 aromatic heterocycles. The minimum absolute atomic E-state index is 0.342. The van der Waals surface area contributed by atoms with E-state index in [4.69, 9.17) is 14.2 Å². The van der Waals surface area contributed by atoms with E-state index in [1.54, 1.807) is 60.8 Å². The van der Waals surface area contributed by atoms with Crippen LogP contribution in [0.1, 0.15) is 22.3 Å². The van der Waals surface area contributed by atoms with Crippen molar-refractivity contribution in [1.82, 2.24) is 4.98 Å². The molecule has 0 atom stereocenters. The summed E-state index contributed by atoms with van der Waals surface area (Å²) in [6.07, 6.45) is 1.08. The third kappa shape index (κ3) is 5.81. The van der Waals surface area contributed by atoms with Gasteiger partial charge in [0.1, 0.15) is 35.7 Å². The van der Waals surface area contributed by atoms with Crippen LogP contribution in [0.2, 0.25) is 0 Å². The fourth-order valence-corrected chi connectivity index (χ4v) is 4.07. The van der Waals surface area contributed by atoms with E-state index in [0.29, 0.717) is 51.8 Å². The number of aromatic nitrogens is 1. The summed E-state index contributed by atoms with van der Waals surface area (Å²) < 4.78 is 17.6. The Labute approximate surface area is 226 Å². The van der Waals surface area contributed by atoms with E-state index in [2.05, 4.69) is 16.4 Å². The van der Waals surface area contributed by atoms with Gasteiger partial charge in [0.25, 0.3) is 0 Å². The molecule has 0 radical (unpaired) electrons. The number of benzene rings is 4. The van der Waals surface area contributed by atoms with Gasteiger partial charge < -0.3 is 14.2 Å². The molecular formula is C32H25N3O4. The highest BCUT2D eigenvalue weighted by atomic mass is 16.6. The second kappa shape index (κ2) is 11.4. The van der Waals surface area contributed by atoms with Crippen molar-refractivity contribution in [2.75, 3.05) is 5.32 Å². The topological polar surface area (TPSA) is 93.5 Å². The Morgan fingerprint density at radius 3 is 2.36 bits per heavy atom. The van der Waals surface area contributed by atoms with Crippen molar-refractivity contribution in [3.63, 3.8) is 0 Å². The van der Waals surface area contributed by atoms with E-state index >= 15 is 0 Å². The Bertz CT molecular complexity index is 1680. The molecule has 0 aliphatic rings. The average molecular weight is 516 g/mol. The maximum atomic E-state index is 12.4. The number of amides is 1. The number of pyridine rings is 1. The minimum Gasteiger partial charge on any atom is -0.487 e. The molecule has 5 rings (SSSR count). The van der Waals surface area contributed by atoms with Gasteiger partial charge in [0.2, 0.25) is 0 Å². The third-order valence-electron chi connectivity index (χ3n) is 6.31. The highest BCUT2D eigenvalue weighted by molar-refractivity contribution is 5.89. The number of anilines is 1. The molecule has 0 aliphatic heterocycles. The van der Waals surface area contributed by atoms with Crippen LogP contribution in [0.15, 0.2) is 97.2 Å². The van der Waals surface area contributed by atoms with Crippen LogP contribution >= 0.6 is 0 Å². The minimum atomic E-state index is -0.577. The fourth-order valence-electron chi connectivity index (χ4n) is 4.07. The van der Waals surface area contributed by atoms with Gasteiger partial charge in [-0.1, -0.05) is 48.5 Å². The van der Waals surface area contributed by atoms with Crippen LogP contribution in [0.5, 0.6) is 23.0 Å². The number of nitriles is 1. The molecule has 7 nitrogen and oxygen atoms in total. The second-order valence-corrected chi connectivity index (χ2v) is 8.85. The van der Waals surface area contributed by atoms with Gasteiger partial charge in [-0.25, -0.2) is 4.79 Å². The smallest absolute Gasteiger partial charge is 0.417 e. The highest BCUT2D eigenvalue weighted by Gasteiger charge is 2.15. The van der Waals surface area contributed by atoms with Crippen LogP contribution in [-0.4, -0.2) is 11.1 Å². The number of carbonyl (C=O) groups excluding carboxylic acids is 1. The predicted molar refractivity (Wildman–Crippen MR) is 149 cm³/mol. The average Bonchev–Trinajstić information content (AvgIpc) is 2.96. The molecule has 192 valence electrons. The molecule has 0 saturated carbocycles. The maximum absolute atomic E-state index is 12.4. The Morgan fingerprint density at radius 2 is 1.62 bits per heavy atom. The lowest BCUT2D eigenvalue weighted by atomic mass is 10.1. The predicted octanol–water partition coefficient (Wildman–Crippen LogP) is 7.71. The number of hydrogen-bond donors (Lipinski definition) is 1. The maximum Gasteiger partial charge on any atom is 0.417 e. The molecule has 7 heteroatoms. The zero-order valence-corrected chi connectivity index (χ0v) is 21.5. The fraction of sp³-hybridized carbons (Fsp3) is 0.0938. The van der Waals surface area contributed by atoms with Gasteiger partial charge in [-0.15, -0.1) is 0 Å². The summed E-state index contributed by atoms with van der Waals surface area (Å²) in [6.45, 7) is 4.15. The first-order valence-electron chi connectivity index (χ1n) is 12.3. The number of carbonyl (C=O) groups is 1. The molecule has 0 bridgehead atoms. The van der Waals surface area contributed by atoms with Crippen LogP contribution < -0.4 is 19.5 Å². The molecule has 1 N–H and O–H groups in total. The van der Waals surface area contributed by atoms with Crippen LogP contribution in [-0.2, 0) is 6.61 Å². The van der Waals surface area contributed by atoms with Crippen molar-refractivity contribution in [2.24, 2.45) is 0 Å². The highest BCUT2D eigenvalue weighted by Crippen LogP contribution is 2.36. The first-order chi connectivity index (χ1) is 19.0. The van der Waals surface area contributed by atoms with Gasteiger partial charge in [-0.2, -0.15) is 5.26 Å². The lowest BCUT2D eigenvalue weighted by Gasteiger charge is -2.16. The summed E-state index contributed by atoms with van der Waals surface area (Å²) in [5, 5.41) is 13.3. The van der Waals surface area contributed by atoms with E-state index in [9.17, 15) is 10.1 Å². The van der Waals surface area contributed by atoms with Gasteiger partial charge in [-0.3, -0.25) is 10.3 Å². The lowest BCUT2D eigenvalue weighted by Crippen LogP contribution is -2.17. The molecule has 4 aromatic carbocycles. The van der Waals surface area contributed by atoms with Crippen molar-refractivity contribution >= 4 is 22.7 Å². The first kappa shape index (κ1) is 25.3. The van der Waals surface area contributed by atoms with Crippen LogP contribution in [0.25, 0.3) is 10.9 Å². The summed E-state index contributed by atoms with van der Waals surface area (Å²) in [5.41, 5.74) is 4.34. The van der Waals surface area contributed by atoms with Gasteiger partial charge in [-0.05, 0) is 66.9 Å². The van der Waals surface area contributed by atoms with Crippen molar-refractivity contribution in [3.8, 4) is 29.1 Å². The van der Waals surface area contributed by atoms with Crippen molar-refractivity contribution in [3.05, 3.63) is 119 Å². The van der Waals surface area contributed by atoms with Crippen molar-refractivity contribution < 1.29 is 19.0 Å². The van der Waals surface area contributed by atoms with Gasteiger partial charge >= 0.3 is 6.09 Å². The standard InChI is InChI=1S/C32H25N3O4/c1-21-22(2)29(14-13-27(21)35-32(36)38-25-11-7-4-8-12-25)39-30-15-16-34-28-18-31(24(19-33)17-26(28)30)37-20-23-9-5-3-6-10-23/h3-18H,20H2,1-2H3,(H,35,36). The molecule has 1 amide bonds. The molecule has 5 aromatic rings. The van der Waals surface area contributed by atoms with Crippen LogP contribution in [0, 0.1) is 25.2 Å². The number of fused-ring (bicyclic) bond motifs is 1. The van der Waals surface area contributed by atoms with E-state index in [-0.39, 0.29) is 0 Å². The van der Waals surface area contributed by atoms with E-state index in [1.165, 1.54) is 0 Å². The molecule has 0 saturated heterocycles. The quantitative estimate of drug-likeness (QED) is 0.239. The molecule has 39 heavy (non-hydrogen) atoms. The normalized spacial score (nSPS) is 10.5. The SMILES string of the molecule is Cc1c(NC(=O)Oc2ccccc2)ccc(Oc2ccnc3cc(OCc4ccccc4)c(C#N)cc23)c1C. The van der Waals surface area contributed by atoms with E-state index in [0.717, 1.165) is 16.7 Å². The number of nitrogens with one attached hydrogen (secondary N) is 1. The molecule has 0 aliphatic carbocycles. The molecule has 0 fully saturated rings. The summed E-state index contributed by atoms with van der Waals surface area (Å²) in [5.74, 6) is 2.09. The van der Waals surface area contributed by atoms with E-state index in [1.807, 2.05) is 50.2 Å². The van der Waals surface area contributed by atoms with Crippen molar-refractivity contribution in [2.45, 2.75) is 20.5 Å². The van der Waals surface area contributed by atoms with E-state index < -0.39 is 6.09 Å². The largest absolute Gasteiger partial charge is 0.487 e. The number of hydrogen-bond acceptors (Lipinski definition) is 6. The lowest BCUT2D eigenvalue weighted by molar-refractivity contribution is 0.215. The zero-order chi connectivity index (χ0) is 27.2. The Kier molecular flexibility index (Phi) is 7.37. The summed E-state index contributed by atoms with van der Waals surface area (Å²) in [7, 11) is 0. The van der Waals surface area contributed by atoms with Crippen LogP contribution in [0.3, 0.4) is 0 Å². The molecular weight excluding hydrogens is 490 g/mol. The molecule has 0 spiro atoms. The summed E-state index contributed by atoms with van der Waals surface area (Å²) in [4.78, 5) is 16.8. The Hall–Kier alpha value is -5.35. The number of nitrogens with zero attached hydrogens (tertiary/aromatic N) is 2. The van der Waals surface area contributed by atoms with Gasteiger partial charge in [0.05, 0.1) is 11.1 Å². The Morgan fingerprint density at radius 1 is 0.872 bits per heavy atom. The van der Waals surface area contributed by atoms with Gasteiger partial charge in [0.15, 0.2) is 0 Å². The first-order valence-corrected chi connectivity index (χ1v) is 12.3. The number of rotatable bonds is 7.